The smallest absolute Gasteiger partial charge is 0.261 e. The van der Waals surface area contributed by atoms with Crippen LogP contribution in [0, 0.1) is 5.92 Å². The molecule has 0 saturated carbocycles. The molecule has 156 valence electrons. The molecule has 3 rings (SSSR count). The number of hydrogen-bond donors (Lipinski definition) is 1. The summed E-state index contributed by atoms with van der Waals surface area (Å²) in [6.07, 6.45) is 3.77. The van der Waals surface area contributed by atoms with Gasteiger partial charge in [0.15, 0.2) is 0 Å². The molecule has 1 aliphatic rings. The van der Waals surface area contributed by atoms with Crippen molar-refractivity contribution in [1.29, 1.82) is 0 Å². The first-order chi connectivity index (χ1) is 13.7. The van der Waals surface area contributed by atoms with Gasteiger partial charge in [0, 0.05) is 28.0 Å². The number of nitrogens with one attached hydrogen (secondary N) is 1. The Balaban J connectivity index is 1.91. The maximum absolute atomic E-state index is 13.1. The Kier molecular flexibility index (Phi) is 7.04. The van der Waals surface area contributed by atoms with Crippen LogP contribution in [-0.4, -0.2) is 38.6 Å². The number of sulfonamides is 1. The van der Waals surface area contributed by atoms with Crippen molar-refractivity contribution in [3.63, 3.8) is 0 Å². The molecule has 0 radical (unpaired) electrons. The average Bonchev–Trinajstić information content (AvgIpc) is 2.66. The number of anilines is 1. The van der Waals surface area contributed by atoms with Gasteiger partial charge in [-0.15, -0.1) is 11.8 Å². The molecule has 1 amide bonds. The second-order valence-electron chi connectivity index (χ2n) is 7.10. The number of carbonyl (C=O) groups excluding carboxylic acids is 1. The zero-order valence-electron chi connectivity index (χ0n) is 16.1. The molecule has 1 fully saturated rings. The third-order valence-corrected chi connectivity index (χ3v) is 7.51. The third-order valence-electron chi connectivity index (χ3n) is 4.90. The van der Waals surface area contributed by atoms with Crippen LogP contribution in [0.25, 0.3) is 0 Å². The van der Waals surface area contributed by atoms with Crippen molar-refractivity contribution in [3.8, 4) is 0 Å². The maximum Gasteiger partial charge on any atom is 0.261 e. The summed E-state index contributed by atoms with van der Waals surface area (Å²) in [5.74, 6) is 0.462. The second kappa shape index (κ2) is 9.16. The van der Waals surface area contributed by atoms with Crippen LogP contribution < -0.4 is 4.72 Å². The molecule has 0 aromatic heterocycles. The molecule has 0 atom stereocenters. The van der Waals surface area contributed by atoms with Gasteiger partial charge in [-0.25, -0.2) is 8.42 Å². The van der Waals surface area contributed by atoms with E-state index in [-0.39, 0.29) is 16.5 Å². The highest BCUT2D eigenvalue weighted by atomic mass is 35.5. The summed E-state index contributed by atoms with van der Waals surface area (Å²) in [5, 5.41) is 0.645. The van der Waals surface area contributed by atoms with Crippen LogP contribution in [0.15, 0.2) is 46.2 Å². The largest absolute Gasteiger partial charge is 0.339 e. The molecule has 0 aliphatic carbocycles. The van der Waals surface area contributed by atoms with E-state index in [1.807, 2.05) is 6.26 Å². The summed E-state index contributed by atoms with van der Waals surface area (Å²) in [7, 11) is -3.91. The Labute approximate surface area is 185 Å². The van der Waals surface area contributed by atoms with Gasteiger partial charge in [0.05, 0.1) is 16.1 Å². The predicted molar refractivity (Wildman–Crippen MR) is 120 cm³/mol. The van der Waals surface area contributed by atoms with E-state index in [1.54, 1.807) is 11.0 Å². The van der Waals surface area contributed by atoms with E-state index in [0.717, 1.165) is 17.7 Å². The molecule has 0 spiro atoms. The normalized spacial score (nSPS) is 15.4. The molecule has 1 heterocycles. The average molecular weight is 473 g/mol. The van der Waals surface area contributed by atoms with E-state index in [4.69, 9.17) is 23.2 Å². The van der Waals surface area contributed by atoms with Crippen LogP contribution in [0.4, 0.5) is 5.69 Å². The molecule has 29 heavy (non-hydrogen) atoms. The highest BCUT2D eigenvalue weighted by molar-refractivity contribution is 7.98. The molecule has 0 bridgehead atoms. The van der Waals surface area contributed by atoms with E-state index in [1.165, 1.54) is 42.1 Å². The fraction of sp³-hybridized carbons (Fsp3) is 0.350. The fourth-order valence-electron chi connectivity index (χ4n) is 3.23. The minimum atomic E-state index is -3.91. The summed E-state index contributed by atoms with van der Waals surface area (Å²) >= 11 is 13.3. The Morgan fingerprint density at radius 2 is 1.72 bits per heavy atom. The highest BCUT2D eigenvalue weighted by Crippen LogP contribution is 2.29. The summed E-state index contributed by atoms with van der Waals surface area (Å²) in [6.45, 7) is 3.55. The number of piperidine rings is 1. The molecule has 2 aromatic carbocycles. The molecule has 1 N–H and O–H groups in total. The van der Waals surface area contributed by atoms with Crippen LogP contribution >= 0.6 is 35.0 Å². The topological polar surface area (TPSA) is 66.5 Å². The maximum atomic E-state index is 13.1. The number of halogens is 2. The van der Waals surface area contributed by atoms with Crippen LogP contribution in [0.2, 0.25) is 10.0 Å². The van der Waals surface area contributed by atoms with Crippen LogP contribution in [0.1, 0.15) is 30.1 Å². The first kappa shape index (κ1) is 22.3. The minimum absolute atomic E-state index is 0.0140. The van der Waals surface area contributed by atoms with Crippen LogP contribution in [0.5, 0.6) is 0 Å². The molecule has 0 unspecified atom stereocenters. The molecule has 9 heteroatoms. The molecular formula is C20H22Cl2N2O3S2. The first-order valence-electron chi connectivity index (χ1n) is 9.16. The zero-order chi connectivity index (χ0) is 21.2. The van der Waals surface area contributed by atoms with Crippen LogP contribution in [0.3, 0.4) is 0 Å². The van der Waals surface area contributed by atoms with Crippen molar-refractivity contribution in [2.24, 2.45) is 5.92 Å². The second-order valence-corrected chi connectivity index (χ2v) is 10.5. The zero-order valence-corrected chi connectivity index (χ0v) is 19.3. The Bertz CT molecular complexity index is 1000. The monoisotopic (exact) mass is 472 g/mol. The van der Waals surface area contributed by atoms with Gasteiger partial charge >= 0.3 is 0 Å². The lowest BCUT2D eigenvalue weighted by molar-refractivity contribution is 0.0693. The quantitative estimate of drug-likeness (QED) is 0.592. The molecule has 2 aromatic rings. The first-order valence-corrected chi connectivity index (χ1v) is 12.6. The van der Waals surface area contributed by atoms with Gasteiger partial charge < -0.3 is 4.90 Å². The SMILES string of the molecule is CSc1ccc(S(=O)(=O)Nc2cc(Cl)cc(Cl)c2)cc1C(=O)N1CCC(C)CC1. The van der Waals surface area contributed by atoms with Crippen molar-refractivity contribution >= 4 is 56.6 Å². The van der Waals surface area contributed by atoms with Gasteiger partial charge in [0.1, 0.15) is 0 Å². The van der Waals surface area contributed by atoms with Crippen molar-refractivity contribution in [3.05, 3.63) is 52.0 Å². The number of nitrogens with zero attached hydrogens (tertiary/aromatic N) is 1. The fourth-order valence-corrected chi connectivity index (χ4v) is 5.39. The lowest BCUT2D eigenvalue weighted by Gasteiger charge is -2.30. The van der Waals surface area contributed by atoms with Gasteiger partial charge in [0.2, 0.25) is 0 Å². The number of benzene rings is 2. The lowest BCUT2D eigenvalue weighted by Crippen LogP contribution is -2.38. The van der Waals surface area contributed by atoms with Crippen molar-refractivity contribution in [2.45, 2.75) is 29.6 Å². The summed E-state index contributed by atoms with van der Waals surface area (Å²) in [6, 6.07) is 9.08. The minimum Gasteiger partial charge on any atom is -0.339 e. The number of amides is 1. The number of likely N-dealkylation sites (tertiary alicyclic amines) is 1. The Morgan fingerprint density at radius 3 is 2.31 bits per heavy atom. The number of carbonyl (C=O) groups is 1. The van der Waals surface area contributed by atoms with Gasteiger partial charge in [-0.3, -0.25) is 9.52 Å². The molecule has 1 saturated heterocycles. The molecular weight excluding hydrogens is 451 g/mol. The van der Waals surface area contributed by atoms with E-state index in [0.29, 0.717) is 34.6 Å². The summed E-state index contributed by atoms with van der Waals surface area (Å²) < 4.78 is 28.3. The molecule has 1 aliphatic heterocycles. The Morgan fingerprint density at radius 1 is 1.10 bits per heavy atom. The van der Waals surface area contributed by atoms with E-state index < -0.39 is 10.0 Å². The molecule has 5 nitrogen and oxygen atoms in total. The number of rotatable bonds is 5. The van der Waals surface area contributed by atoms with Crippen molar-refractivity contribution in [2.75, 3.05) is 24.1 Å². The number of thioether (sulfide) groups is 1. The van der Waals surface area contributed by atoms with Gasteiger partial charge in [-0.1, -0.05) is 30.1 Å². The van der Waals surface area contributed by atoms with E-state index >= 15 is 0 Å². The van der Waals surface area contributed by atoms with E-state index in [9.17, 15) is 13.2 Å². The van der Waals surface area contributed by atoms with Crippen molar-refractivity contribution < 1.29 is 13.2 Å². The van der Waals surface area contributed by atoms with Gasteiger partial charge in [0.25, 0.3) is 15.9 Å². The van der Waals surface area contributed by atoms with Crippen molar-refractivity contribution in [1.82, 2.24) is 4.90 Å². The number of hydrogen-bond acceptors (Lipinski definition) is 4. The highest BCUT2D eigenvalue weighted by Gasteiger charge is 2.25. The summed E-state index contributed by atoms with van der Waals surface area (Å²) in [4.78, 5) is 15.6. The summed E-state index contributed by atoms with van der Waals surface area (Å²) in [5.41, 5.74) is 0.661. The van der Waals surface area contributed by atoms with Crippen LogP contribution in [-0.2, 0) is 10.0 Å². The van der Waals surface area contributed by atoms with E-state index in [2.05, 4.69) is 11.6 Å². The third kappa shape index (κ3) is 5.40. The van der Waals surface area contributed by atoms with Gasteiger partial charge in [-0.05, 0) is 61.4 Å². The predicted octanol–water partition coefficient (Wildman–Crippen LogP) is 5.39. The lowest BCUT2D eigenvalue weighted by atomic mass is 9.98. The standard InChI is InChI=1S/C20H22Cl2N2O3S2/c1-13-5-7-24(8-6-13)20(25)18-12-17(3-4-19(18)28-2)29(26,27)23-16-10-14(21)9-15(22)11-16/h3-4,9-13,23H,5-8H2,1-2H3. The van der Waals surface area contributed by atoms with Gasteiger partial charge in [-0.2, -0.15) is 0 Å². The Hall–Kier alpha value is -1.41.